The summed E-state index contributed by atoms with van der Waals surface area (Å²) in [5.41, 5.74) is 2.24. The van der Waals surface area contributed by atoms with Gasteiger partial charge in [0.05, 0.1) is 7.11 Å². The number of benzene rings is 3. The van der Waals surface area contributed by atoms with E-state index < -0.39 is 5.60 Å². The van der Waals surface area contributed by atoms with E-state index in [1.807, 2.05) is 85.8 Å². The van der Waals surface area contributed by atoms with E-state index in [1.54, 1.807) is 0 Å². The zero-order valence-electron chi connectivity index (χ0n) is 20.3. The maximum Gasteiger partial charge on any atom is 0.350 e. The molecule has 0 aliphatic rings. The van der Waals surface area contributed by atoms with Crippen LogP contribution in [0, 0.1) is 0 Å². The van der Waals surface area contributed by atoms with Gasteiger partial charge in [0.1, 0.15) is 18.1 Å². The van der Waals surface area contributed by atoms with Crippen molar-refractivity contribution in [3.8, 4) is 11.5 Å². The Morgan fingerprint density at radius 1 is 0.788 bits per heavy atom. The zero-order valence-corrected chi connectivity index (χ0v) is 20.3. The van der Waals surface area contributed by atoms with E-state index in [0.29, 0.717) is 25.2 Å². The van der Waals surface area contributed by atoms with Crippen LogP contribution in [0.4, 0.5) is 0 Å². The molecule has 0 saturated carbocycles. The minimum atomic E-state index is -1.11. The highest BCUT2D eigenvalue weighted by molar-refractivity contribution is 5.80. The standard InChI is InChI=1S/C29H34O4/c1-6-29(27(30)31-5,33-26-18-14-24(15-19-26)28(2,3)4)20-22-12-16-25(17-13-22)32-21-23-10-8-7-9-11-23/h7-19H,6,20-21H2,1-5H3. The number of esters is 1. The summed E-state index contributed by atoms with van der Waals surface area (Å²) in [6.07, 6.45) is 0.878. The Hall–Kier alpha value is -3.27. The molecule has 0 bridgehead atoms. The Bertz CT molecular complexity index is 1020. The van der Waals surface area contributed by atoms with Crippen molar-refractivity contribution in [2.45, 2.75) is 58.2 Å². The molecule has 1 atom stereocenters. The Morgan fingerprint density at radius 3 is 1.94 bits per heavy atom. The first kappa shape index (κ1) is 24.4. The Labute approximate surface area is 197 Å². The summed E-state index contributed by atoms with van der Waals surface area (Å²) in [4.78, 5) is 12.9. The second kappa shape index (κ2) is 10.6. The normalized spacial score (nSPS) is 13.1. The monoisotopic (exact) mass is 446 g/mol. The van der Waals surface area contributed by atoms with Crippen molar-refractivity contribution in [2.75, 3.05) is 7.11 Å². The van der Waals surface area contributed by atoms with Crippen molar-refractivity contribution in [2.24, 2.45) is 0 Å². The fourth-order valence-corrected chi connectivity index (χ4v) is 3.70. The molecule has 0 spiro atoms. The third-order valence-corrected chi connectivity index (χ3v) is 5.82. The van der Waals surface area contributed by atoms with Crippen LogP contribution in [0.15, 0.2) is 78.9 Å². The first-order valence-corrected chi connectivity index (χ1v) is 11.4. The summed E-state index contributed by atoms with van der Waals surface area (Å²) in [7, 11) is 1.40. The Kier molecular flexibility index (Phi) is 7.80. The largest absolute Gasteiger partial charge is 0.489 e. The van der Waals surface area contributed by atoms with Crippen LogP contribution in [0.5, 0.6) is 11.5 Å². The molecule has 0 heterocycles. The lowest BCUT2D eigenvalue weighted by molar-refractivity contribution is -0.159. The van der Waals surface area contributed by atoms with Gasteiger partial charge in [0.15, 0.2) is 0 Å². The number of methoxy groups -OCH3 is 1. The molecule has 4 heteroatoms. The van der Waals surface area contributed by atoms with Crippen LogP contribution in [0.3, 0.4) is 0 Å². The highest BCUT2D eigenvalue weighted by Gasteiger charge is 2.41. The van der Waals surface area contributed by atoms with Crippen molar-refractivity contribution >= 4 is 5.97 Å². The van der Waals surface area contributed by atoms with Gasteiger partial charge in [-0.25, -0.2) is 4.79 Å². The topological polar surface area (TPSA) is 44.8 Å². The van der Waals surface area contributed by atoms with Crippen LogP contribution in [0.2, 0.25) is 0 Å². The first-order chi connectivity index (χ1) is 15.8. The number of hydrogen-bond donors (Lipinski definition) is 0. The number of rotatable bonds is 9. The SMILES string of the molecule is CCC(Cc1ccc(OCc2ccccc2)cc1)(Oc1ccc(C(C)(C)C)cc1)C(=O)OC. The van der Waals surface area contributed by atoms with Crippen molar-refractivity contribution in [3.05, 3.63) is 95.6 Å². The van der Waals surface area contributed by atoms with Crippen LogP contribution in [0.25, 0.3) is 0 Å². The van der Waals surface area contributed by atoms with Crippen LogP contribution in [-0.2, 0) is 28.0 Å². The highest BCUT2D eigenvalue weighted by Crippen LogP contribution is 2.30. The maximum atomic E-state index is 12.9. The summed E-state index contributed by atoms with van der Waals surface area (Å²) < 4.78 is 17.3. The quantitative estimate of drug-likeness (QED) is 0.352. The zero-order chi connectivity index (χ0) is 23.9. The molecule has 3 aromatic rings. The van der Waals surface area contributed by atoms with Crippen molar-refractivity contribution in [3.63, 3.8) is 0 Å². The molecule has 0 radical (unpaired) electrons. The van der Waals surface area contributed by atoms with Gasteiger partial charge in [0.25, 0.3) is 0 Å². The van der Waals surface area contributed by atoms with Gasteiger partial charge in [0.2, 0.25) is 5.60 Å². The summed E-state index contributed by atoms with van der Waals surface area (Å²) in [5.74, 6) is 1.05. The van der Waals surface area contributed by atoms with Crippen molar-refractivity contribution in [1.29, 1.82) is 0 Å². The molecule has 0 saturated heterocycles. The van der Waals surface area contributed by atoms with Gasteiger partial charge < -0.3 is 14.2 Å². The number of carbonyl (C=O) groups excluding carboxylic acids is 1. The first-order valence-electron chi connectivity index (χ1n) is 11.4. The molecule has 0 aliphatic heterocycles. The summed E-state index contributed by atoms with van der Waals surface area (Å²) >= 11 is 0. The predicted molar refractivity (Wildman–Crippen MR) is 132 cm³/mol. The average molecular weight is 447 g/mol. The lowest BCUT2D eigenvalue weighted by Crippen LogP contribution is -2.47. The molecule has 1 unspecified atom stereocenters. The molecular formula is C29H34O4. The highest BCUT2D eigenvalue weighted by atomic mass is 16.6. The third kappa shape index (κ3) is 6.38. The van der Waals surface area contributed by atoms with Gasteiger partial charge in [0, 0.05) is 6.42 Å². The predicted octanol–water partition coefficient (Wildman–Crippen LogP) is 6.51. The fraction of sp³-hybridized carbons (Fsp3) is 0.345. The Morgan fingerprint density at radius 2 is 1.39 bits per heavy atom. The van der Waals surface area contributed by atoms with Crippen molar-refractivity contribution in [1.82, 2.24) is 0 Å². The second-order valence-corrected chi connectivity index (χ2v) is 9.31. The smallest absolute Gasteiger partial charge is 0.350 e. The lowest BCUT2D eigenvalue weighted by atomic mass is 9.87. The molecular weight excluding hydrogens is 412 g/mol. The average Bonchev–Trinajstić information content (AvgIpc) is 2.83. The summed E-state index contributed by atoms with van der Waals surface area (Å²) in [5, 5.41) is 0. The van der Waals surface area contributed by atoms with Gasteiger partial charge in [-0.2, -0.15) is 0 Å². The summed E-state index contributed by atoms with van der Waals surface area (Å²) in [6.45, 7) is 8.95. The minimum Gasteiger partial charge on any atom is -0.489 e. The van der Waals surface area contributed by atoms with Crippen LogP contribution < -0.4 is 9.47 Å². The lowest BCUT2D eigenvalue weighted by Gasteiger charge is -2.31. The van der Waals surface area contributed by atoms with Gasteiger partial charge in [-0.15, -0.1) is 0 Å². The molecule has 3 rings (SSSR count). The van der Waals surface area contributed by atoms with Crippen LogP contribution in [0.1, 0.15) is 50.8 Å². The van der Waals surface area contributed by atoms with E-state index >= 15 is 0 Å². The van der Waals surface area contributed by atoms with E-state index in [-0.39, 0.29) is 11.4 Å². The number of hydrogen-bond acceptors (Lipinski definition) is 4. The van der Waals surface area contributed by atoms with Crippen molar-refractivity contribution < 1.29 is 19.0 Å². The summed E-state index contributed by atoms with van der Waals surface area (Å²) in [6, 6.07) is 25.8. The van der Waals surface area contributed by atoms with Gasteiger partial charge in [-0.1, -0.05) is 82.3 Å². The second-order valence-electron chi connectivity index (χ2n) is 9.31. The van der Waals surface area contributed by atoms with Gasteiger partial charge >= 0.3 is 5.97 Å². The molecule has 174 valence electrons. The van der Waals surface area contributed by atoms with Crippen LogP contribution in [-0.4, -0.2) is 18.7 Å². The molecule has 0 aliphatic carbocycles. The minimum absolute atomic E-state index is 0.0487. The van der Waals surface area contributed by atoms with E-state index in [0.717, 1.165) is 16.9 Å². The molecule has 0 amide bonds. The van der Waals surface area contributed by atoms with E-state index in [2.05, 4.69) is 20.8 Å². The maximum absolute atomic E-state index is 12.9. The third-order valence-electron chi connectivity index (χ3n) is 5.82. The van der Waals surface area contributed by atoms with E-state index in [9.17, 15) is 4.79 Å². The Balaban J connectivity index is 1.74. The number of ether oxygens (including phenoxy) is 3. The molecule has 3 aromatic carbocycles. The number of carbonyl (C=O) groups is 1. The molecule has 0 N–H and O–H groups in total. The molecule has 0 fully saturated rings. The van der Waals surface area contributed by atoms with Gasteiger partial charge in [-0.3, -0.25) is 0 Å². The fourth-order valence-electron chi connectivity index (χ4n) is 3.70. The molecule has 0 aromatic heterocycles. The van der Waals surface area contributed by atoms with Crippen LogP contribution >= 0.6 is 0 Å². The molecule has 33 heavy (non-hydrogen) atoms. The van der Waals surface area contributed by atoms with Gasteiger partial charge in [-0.05, 0) is 52.8 Å². The van der Waals surface area contributed by atoms with E-state index in [1.165, 1.54) is 12.7 Å². The molecule has 4 nitrogen and oxygen atoms in total. The van der Waals surface area contributed by atoms with E-state index in [4.69, 9.17) is 14.2 Å².